The number of benzene rings is 2. The van der Waals surface area contributed by atoms with Crippen molar-refractivity contribution >= 4 is 44.7 Å². The van der Waals surface area contributed by atoms with Gasteiger partial charge in [-0.3, -0.25) is 4.79 Å². The van der Waals surface area contributed by atoms with E-state index in [-0.39, 0.29) is 41.1 Å². The summed E-state index contributed by atoms with van der Waals surface area (Å²) in [7, 11) is -2.25. The highest BCUT2D eigenvalue weighted by molar-refractivity contribution is 7.91. The van der Waals surface area contributed by atoms with E-state index >= 15 is 0 Å². The molecule has 0 fully saturated rings. The average molecular weight is 591 g/mol. The Kier molecular flexibility index (Phi) is 9.08. The SMILES string of the molecule is C[C@H](CO)N1C[C@H](C)[C@H](CN(C)S(=O)(=O)c2cccs2)Oc2ccc(NC(=O)Nc3ccc(F)cc3)cc2C1=O. The lowest BCUT2D eigenvalue weighted by Crippen LogP contribution is -2.50. The van der Waals surface area contributed by atoms with E-state index in [4.69, 9.17) is 4.74 Å². The number of aliphatic hydroxyl groups excluding tert-OH is 1. The molecule has 2 aromatic carbocycles. The molecule has 40 heavy (non-hydrogen) atoms. The van der Waals surface area contributed by atoms with Crippen molar-refractivity contribution in [3.63, 3.8) is 0 Å². The topological polar surface area (TPSA) is 128 Å². The van der Waals surface area contributed by atoms with Gasteiger partial charge >= 0.3 is 6.03 Å². The summed E-state index contributed by atoms with van der Waals surface area (Å²) in [4.78, 5) is 27.7. The summed E-state index contributed by atoms with van der Waals surface area (Å²) in [5, 5.41) is 16.8. The number of rotatable bonds is 8. The summed E-state index contributed by atoms with van der Waals surface area (Å²) in [5.41, 5.74) is 0.834. The molecule has 2 heterocycles. The van der Waals surface area contributed by atoms with Crippen LogP contribution in [0.3, 0.4) is 0 Å². The fraction of sp³-hybridized carbons (Fsp3) is 0.333. The second-order valence-corrected chi connectivity index (χ2v) is 12.9. The molecule has 0 saturated carbocycles. The van der Waals surface area contributed by atoms with Crippen molar-refractivity contribution in [1.82, 2.24) is 9.21 Å². The minimum atomic E-state index is -3.73. The van der Waals surface area contributed by atoms with Gasteiger partial charge in [-0.15, -0.1) is 11.3 Å². The average Bonchev–Trinajstić information content (AvgIpc) is 3.48. The third-order valence-electron chi connectivity index (χ3n) is 6.62. The summed E-state index contributed by atoms with van der Waals surface area (Å²) in [6.07, 6.45) is -0.624. The van der Waals surface area contributed by atoms with E-state index in [1.807, 2.05) is 6.92 Å². The lowest BCUT2D eigenvalue weighted by atomic mass is 9.99. The predicted octanol–water partition coefficient (Wildman–Crippen LogP) is 4.07. The van der Waals surface area contributed by atoms with Gasteiger partial charge < -0.3 is 25.4 Å². The second-order valence-electron chi connectivity index (χ2n) is 9.64. The van der Waals surface area contributed by atoms with Gasteiger partial charge in [0.15, 0.2) is 0 Å². The van der Waals surface area contributed by atoms with Crippen LogP contribution >= 0.6 is 11.3 Å². The number of carbonyl (C=O) groups is 2. The fourth-order valence-electron chi connectivity index (χ4n) is 4.26. The van der Waals surface area contributed by atoms with Crippen LogP contribution in [-0.2, 0) is 10.0 Å². The lowest BCUT2D eigenvalue weighted by Gasteiger charge is -2.38. The summed E-state index contributed by atoms with van der Waals surface area (Å²) >= 11 is 1.12. The van der Waals surface area contributed by atoms with Crippen LogP contribution in [0.25, 0.3) is 0 Å². The molecule has 1 aliphatic rings. The number of carbonyl (C=O) groups excluding carboxylic acids is 2. The molecule has 1 aromatic heterocycles. The zero-order valence-electron chi connectivity index (χ0n) is 22.2. The van der Waals surface area contributed by atoms with Gasteiger partial charge in [0.05, 0.1) is 24.8 Å². The Hall–Kier alpha value is -3.52. The number of fused-ring (bicyclic) bond motifs is 1. The number of hydrogen-bond donors (Lipinski definition) is 3. The number of aliphatic hydroxyl groups is 1. The Morgan fingerprint density at radius 2 is 1.88 bits per heavy atom. The molecule has 4 rings (SSSR count). The van der Waals surface area contributed by atoms with Gasteiger partial charge in [0.25, 0.3) is 15.9 Å². The number of nitrogens with zero attached hydrogens (tertiary/aromatic N) is 2. The summed E-state index contributed by atoms with van der Waals surface area (Å²) in [6.45, 7) is 3.54. The first-order valence-corrected chi connectivity index (χ1v) is 14.9. The van der Waals surface area contributed by atoms with E-state index in [0.717, 1.165) is 11.3 Å². The van der Waals surface area contributed by atoms with Gasteiger partial charge in [0.1, 0.15) is 21.9 Å². The van der Waals surface area contributed by atoms with E-state index in [1.54, 1.807) is 30.5 Å². The number of anilines is 2. The van der Waals surface area contributed by atoms with E-state index in [9.17, 15) is 27.5 Å². The molecule has 0 radical (unpaired) electrons. The van der Waals surface area contributed by atoms with Gasteiger partial charge in [-0.2, -0.15) is 4.31 Å². The molecule has 0 unspecified atom stereocenters. The van der Waals surface area contributed by atoms with E-state index in [0.29, 0.717) is 11.4 Å². The normalized spacial score (nSPS) is 18.4. The number of urea groups is 1. The molecule has 0 spiro atoms. The number of likely N-dealkylation sites (N-methyl/N-ethyl adjacent to an activating group) is 1. The van der Waals surface area contributed by atoms with Crippen molar-refractivity contribution in [2.75, 3.05) is 37.4 Å². The van der Waals surface area contributed by atoms with Crippen molar-refractivity contribution in [2.45, 2.75) is 30.2 Å². The molecule has 0 bridgehead atoms. The molecule has 3 amide bonds. The largest absolute Gasteiger partial charge is 0.488 e. The number of hydrogen-bond acceptors (Lipinski definition) is 7. The summed E-state index contributed by atoms with van der Waals surface area (Å²) in [5.74, 6) is -0.894. The van der Waals surface area contributed by atoms with Gasteiger partial charge in [-0.1, -0.05) is 13.0 Å². The van der Waals surface area contributed by atoms with Crippen LogP contribution in [0, 0.1) is 11.7 Å². The van der Waals surface area contributed by atoms with Gasteiger partial charge in [-0.05, 0) is 60.8 Å². The highest BCUT2D eigenvalue weighted by Crippen LogP contribution is 2.31. The fourth-order valence-corrected chi connectivity index (χ4v) is 6.64. The number of thiophene rings is 1. The Bertz CT molecular complexity index is 1450. The zero-order chi connectivity index (χ0) is 29.0. The van der Waals surface area contributed by atoms with Gasteiger partial charge in [-0.25, -0.2) is 17.6 Å². The van der Waals surface area contributed by atoms with Crippen LogP contribution in [0.5, 0.6) is 5.75 Å². The monoisotopic (exact) mass is 590 g/mol. The van der Waals surface area contributed by atoms with Crippen LogP contribution < -0.4 is 15.4 Å². The van der Waals surface area contributed by atoms with Crippen LogP contribution in [0.2, 0.25) is 0 Å². The molecular weight excluding hydrogens is 559 g/mol. The molecule has 13 heteroatoms. The van der Waals surface area contributed by atoms with Crippen LogP contribution in [0.4, 0.5) is 20.6 Å². The number of halogens is 1. The molecule has 3 atom stereocenters. The quantitative estimate of drug-likeness (QED) is 0.363. The van der Waals surface area contributed by atoms with Crippen molar-refractivity contribution < 1.29 is 32.2 Å². The van der Waals surface area contributed by atoms with Crippen molar-refractivity contribution in [1.29, 1.82) is 0 Å². The maximum atomic E-state index is 13.6. The van der Waals surface area contributed by atoms with E-state index in [2.05, 4.69) is 10.6 Å². The molecule has 0 saturated heterocycles. The number of amides is 3. The minimum Gasteiger partial charge on any atom is -0.488 e. The Morgan fingerprint density at radius 1 is 1.20 bits per heavy atom. The number of ether oxygens (including phenoxy) is 1. The molecule has 3 aromatic rings. The Morgan fingerprint density at radius 3 is 2.52 bits per heavy atom. The van der Waals surface area contributed by atoms with E-state index in [1.165, 1.54) is 52.7 Å². The standard InChI is InChI=1S/C27H31FN4O6S2/c1-17-14-32(18(2)16-33)26(34)22-13-21(30-27(35)29-20-8-6-19(28)7-9-20)10-11-23(22)38-24(17)15-31(3)40(36,37)25-5-4-12-39-25/h4-13,17-18,24,33H,14-16H2,1-3H3,(H2,29,30,35)/t17-,18+,24-/m0/s1. The van der Waals surface area contributed by atoms with Crippen molar-refractivity contribution in [3.05, 3.63) is 71.4 Å². The van der Waals surface area contributed by atoms with Crippen LogP contribution in [-0.4, -0.2) is 73.6 Å². The Labute approximate surface area is 236 Å². The predicted molar refractivity (Wildman–Crippen MR) is 151 cm³/mol. The summed E-state index contributed by atoms with van der Waals surface area (Å²) < 4.78 is 47.0. The molecule has 0 aliphatic carbocycles. The molecule has 1 aliphatic heterocycles. The first-order chi connectivity index (χ1) is 19.0. The van der Waals surface area contributed by atoms with Crippen LogP contribution in [0.15, 0.2) is 64.2 Å². The zero-order valence-corrected chi connectivity index (χ0v) is 23.8. The molecule has 10 nitrogen and oxygen atoms in total. The first kappa shape index (κ1) is 29.5. The Balaban J connectivity index is 1.60. The van der Waals surface area contributed by atoms with Crippen molar-refractivity contribution in [2.24, 2.45) is 5.92 Å². The maximum absolute atomic E-state index is 13.6. The highest BCUT2D eigenvalue weighted by Gasteiger charge is 2.35. The van der Waals surface area contributed by atoms with E-state index < -0.39 is 39.9 Å². The number of sulfonamides is 1. The maximum Gasteiger partial charge on any atom is 0.323 e. The third kappa shape index (κ3) is 6.61. The molecule has 214 valence electrons. The van der Waals surface area contributed by atoms with Gasteiger partial charge in [0, 0.05) is 30.9 Å². The molecule has 3 N–H and O–H groups in total. The minimum absolute atomic E-state index is 0.0243. The summed E-state index contributed by atoms with van der Waals surface area (Å²) in [6, 6.07) is 11.9. The van der Waals surface area contributed by atoms with Crippen molar-refractivity contribution in [3.8, 4) is 5.75 Å². The van der Waals surface area contributed by atoms with Crippen LogP contribution in [0.1, 0.15) is 24.2 Å². The second kappa shape index (κ2) is 12.3. The smallest absolute Gasteiger partial charge is 0.323 e. The molecular formula is C27H31FN4O6S2. The third-order valence-corrected chi connectivity index (χ3v) is 9.82. The first-order valence-electron chi connectivity index (χ1n) is 12.6. The van der Waals surface area contributed by atoms with Gasteiger partial charge in [0.2, 0.25) is 0 Å². The highest BCUT2D eigenvalue weighted by atomic mass is 32.2. The number of nitrogens with one attached hydrogen (secondary N) is 2. The lowest BCUT2D eigenvalue weighted by molar-refractivity contribution is 0.0387.